The van der Waals surface area contributed by atoms with Crippen LogP contribution in [0.1, 0.15) is 11.8 Å². The van der Waals surface area contributed by atoms with E-state index in [-0.39, 0.29) is 4.21 Å². The van der Waals surface area contributed by atoms with Gasteiger partial charge in [0.05, 0.1) is 6.54 Å². The van der Waals surface area contributed by atoms with E-state index in [1.54, 1.807) is 6.07 Å². The Balaban J connectivity index is 2.73. The number of hydrogen-bond donors (Lipinski definition) is 1. The van der Waals surface area contributed by atoms with Crippen LogP contribution in [0.5, 0.6) is 0 Å². The maximum absolute atomic E-state index is 12.2. The molecule has 1 rings (SSSR count). The molecule has 0 saturated carbocycles. The lowest BCUT2D eigenvalue weighted by molar-refractivity contribution is 0.126. The first-order valence-electron chi connectivity index (χ1n) is 5.91. The van der Waals surface area contributed by atoms with Gasteiger partial charge >= 0.3 is 0 Å². The molecule has 0 atom stereocenters. The fourth-order valence-electron chi connectivity index (χ4n) is 1.47. The Kier molecular flexibility index (Phi) is 6.31. The van der Waals surface area contributed by atoms with Crippen molar-refractivity contribution in [2.45, 2.75) is 24.0 Å². The topological polar surface area (TPSA) is 49.4 Å². The van der Waals surface area contributed by atoms with Crippen molar-refractivity contribution >= 4 is 21.4 Å². The molecule has 0 unspecified atom stereocenters. The third-order valence-corrected chi connectivity index (χ3v) is 5.93. The van der Waals surface area contributed by atoms with Crippen molar-refractivity contribution in [1.82, 2.24) is 9.62 Å². The molecule has 110 valence electrons. The standard InChI is InChI=1S/C11H18F2N2O2S2/c1-3-14-7-6-9-4-5-11(18-9)19(16,17)15(2)8-10(12)13/h4-5,10,14H,3,6-8H2,1-2H3. The number of hydrogen-bond acceptors (Lipinski definition) is 4. The SMILES string of the molecule is CCNCCc1ccc(S(=O)(=O)N(C)CC(F)F)s1. The Morgan fingerprint density at radius 2 is 2.11 bits per heavy atom. The summed E-state index contributed by atoms with van der Waals surface area (Å²) in [5.41, 5.74) is 0. The molecule has 1 aromatic rings. The average Bonchev–Trinajstić information content (AvgIpc) is 2.78. The van der Waals surface area contributed by atoms with Crippen molar-refractivity contribution in [2.75, 3.05) is 26.7 Å². The Morgan fingerprint density at radius 3 is 2.68 bits per heavy atom. The predicted octanol–water partition coefficient (Wildman–Crippen LogP) is 1.79. The molecule has 0 bridgehead atoms. The largest absolute Gasteiger partial charge is 0.317 e. The van der Waals surface area contributed by atoms with Gasteiger partial charge in [-0.1, -0.05) is 6.92 Å². The molecule has 0 aromatic carbocycles. The second-order valence-electron chi connectivity index (χ2n) is 4.00. The number of sulfonamides is 1. The zero-order valence-corrected chi connectivity index (χ0v) is 12.5. The zero-order chi connectivity index (χ0) is 14.5. The lowest BCUT2D eigenvalue weighted by atomic mass is 10.3. The van der Waals surface area contributed by atoms with Crippen LogP contribution in [0.3, 0.4) is 0 Å². The number of nitrogens with zero attached hydrogens (tertiary/aromatic N) is 1. The summed E-state index contributed by atoms with van der Waals surface area (Å²) in [6.45, 7) is 2.83. The molecule has 0 aliphatic carbocycles. The van der Waals surface area contributed by atoms with E-state index >= 15 is 0 Å². The van der Waals surface area contributed by atoms with Gasteiger partial charge in [-0.05, 0) is 31.6 Å². The number of nitrogens with one attached hydrogen (secondary N) is 1. The van der Waals surface area contributed by atoms with Gasteiger partial charge in [-0.25, -0.2) is 17.2 Å². The Labute approximate surface area is 116 Å². The van der Waals surface area contributed by atoms with Crippen LogP contribution in [0.15, 0.2) is 16.3 Å². The molecular weight excluding hydrogens is 294 g/mol. The Morgan fingerprint density at radius 1 is 1.42 bits per heavy atom. The van der Waals surface area contributed by atoms with Gasteiger partial charge in [0.15, 0.2) is 0 Å². The van der Waals surface area contributed by atoms with Crippen molar-refractivity contribution < 1.29 is 17.2 Å². The van der Waals surface area contributed by atoms with E-state index < -0.39 is 23.0 Å². The van der Waals surface area contributed by atoms with Crippen LogP contribution in [0.25, 0.3) is 0 Å². The van der Waals surface area contributed by atoms with Crippen LogP contribution in [0.4, 0.5) is 8.78 Å². The maximum atomic E-state index is 12.2. The summed E-state index contributed by atoms with van der Waals surface area (Å²) in [6, 6.07) is 3.20. The average molecular weight is 312 g/mol. The second-order valence-corrected chi connectivity index (χ2v) is 7.44. The minimum absolute atomic E-state index is 0.113. The van der Waals surface area contributed by atoms with E-state index in [0.29, 0.717) is 4.31 Å². The van der Waals surface area contributed by atoms with Crippen LogP contribution in [0.2, 0.25) is 0 Å². The molecule has 4 nitrogen and oxygen atoms in total. The summed E-state index contributed by atoms with van der Waals surface area (Å²) in [7, 11) is -2.63. The first-order chi connectivity index (χ1) is 8.87. The van der Waals surface area contributed by atoms with E-state index in [4.69, 9.17) is 0 Å². The maximum Gasteiger partial charge on any atom is 0.252 e. The molecule has 0 amide bonds. The van der Waals surface area contributed by atoms with Crippen molar-refractivity contribution in [2.24, 2.45) is 0 Å². The van der Waals surface area contributed by atoms with Gasteiger partial charge in [0.2, 0.25) is 0 Å². The first-order valence-corrected chi connectivity index (χ1v) is 8.17. The lowest BCUT2D eigenvalue weighted by Gasteiger charge is -2.14. The van der Waals surface area contributed by atoms with Crippen LogP contribution < -0.4 is 5.32 Å². The number of halogens is 2. The fraction of sp³-hybridized carbons (Fsp3) is 0.636. The highest BCUT2D eigenvalue weighted by Gasteiger charge is 2.25. The molecule has 0 radical (unpaired) electrons. The van der Waals surface area contributed by atoms with Crippen molar-refractivity contribution in [3.8, 4) is 0 Å². The molecule has 0 fully saturated rings. The number of rotatable bonds is 8. The summed E-state index contributed by atoms with van der Waals surface area (Å²) in [5, 5.41) is 3.14. The predicted molar refractivity (Wildman–Crippen MR) is 72.4 cm³/mol. The highest BCUT2D eigenvalue weighted by Crippen LogP contribution is 2.24. The van der Waals surface area contributed by atoms with Crippen molar-refractivity contribution in [3.63, 3.8) is 0 Å². The Bertz CT molecular complexity index is 489. The van der Waals surface area contributed by atoms with Gasteiger partial charge in [-0.3, -0.25) is 0 Å². The quantitative estimate of drug-likeness (QED) is 0.745. The van der Waals surface area contributed by atoms with E-state index in [1.807, 2.05) is 6.92 Å². The smallest absolute Gasteiger partial charge is 0.252 e. The molecular formula is C11H18F2N2O2S2. The third kappa shape index (κ3) is 4.79. The monoisotopic (exact) mass is 312 g/mol. The van der Waals surface area contributed by atoms with Crippen LogP contribution >= 0.6 is 11.3 Å². The Hall–Kier alpha value is -0.570. The fourth-order valence-corrected chi connectivity index (χ4v) is 4.18. The zero-order valence-electron chi connectivity index (χ0n) is 10.9. The van der Waals surface area contributed by atoms with Crippen molar-refractivity contribution in [1.29, 1.82) is 0 Å². The number of alkyl halides is 2. The summed E-state index contributed by atoms with van der Waals surface area (Å²) < 4.78 is 49.3. The molecule has 0 spiro atoms. The molecule has 1 aromatic heterocycles. The molecule has 8 heteroatoms. The highest BCUT2D eigenvalue weighted by atomic mass is 32.2. The summed E-state index contributed by atoms with van der Waals surface area (Å²) in [5.74, 6) is 0. The van der Waals surface area contributed by atoms with Crippen LogP contribution in [-0.4, -0.2) is 45.8 Å². The van der Waals surface area contributed by atoms with E-state index in [1.165, 1.54) is 13.1 Å². The lowest BCUT2D eigenvalue weighted by Crippen LogP contribution is -2.30. The molecule has 0 saturated heterocycles. The van der Waals surface area contributed by atoms with Gasteiger partial charge in [-0.2, -0.15) is 4.31 Å². The molecule has 19 heavy (non-hydrogen) atoms. The summed E-state index contributed by atoms with van der Waals surface area (Å²) in [4.78, 5) is 0.921. The minimum atomic E-state index is -3.79. The third-order valence-electron chi connectivity index (χ3n) is 2.49. The molecule has 1 N–H and O–H groups in total. The van der Waals surface area contributed by atoms with E-state index in [2.05, 4.69) is 5.32 Å². The van der Waals surface area contributed by atoms with Gasteiger partial charge < -0.3 is 5.32 Å². The summed E-state index contributed by atoms with van der Waals surface area (Å²) in [6.07, 6.45) is -1.94. The number of thiophene rings is 1. The molecule has 1 heterocycles. The van der Waals surface area contributed by atoms with Crippen molar-refractivity contribution in [3.05, 3.63) is 17.0 Å². The van der Waals surface area contributed by atoms with Crippen LogP contribution in [-0.2, 0) is 16.4 Å². The summed E-state index contributed by atoms with van der Waals surface area (Å²) >= 11 is 1.13. The number of likely N-dealkylation sites (N-methyl/N-ethyl adjacent to an activating group) is 1. The van der Waals surface area contributed by atoms with E-state index in [0.717, 1.165) is 35.7 Å². The normalized spacial score (nSPS) is 12.5. The molecule has 0 aliphatic rings. The first kappa shape index (κ1) is 16.5. The van der Waals surface area contributed by atoms with E-state index in [9.17, 15) is 17.2 Å². The van der Waals surface area contributed by atoms with Gasteiger partial charge in [0.25, 0.3) is 16.4 Å². The van der Waals surface area contributed by atoms with Gasteiger partial charge in [0, 0.05) is 11.9 Å². The minimum Gasteiger partial charge on any atom is -0.317 e. The highest BCUT2D eigenvalue weighted by molar-refractivity contribution is 7.91. The van der Waals surface area contributed by atoms with Gasteiger partial charge in [0.1, 0.15) is 4.21 Å². The molecule has 0 aliphatic heterocycles. The van der Waals surface area contributed by atoms with Crippen LogP contribution in [0, 0.1) is 0 Å². The van der Waals surface area contributed by atoms with Gasteiger partial charge in [-0.15, -0.1) is 11.3 Å². The second kappa shape index (κ2) is 7.28.